The lowest BCUT2D eigenvalue weighted by Gasteiger charge is -2.11. The van der Waals surface area contributed by atoms with E-state index in [1.54, 1.807) is 0 Å². The number of oxazole rings is 1. The third-order valence-electron chi connectivity index (χ3n) is 5.78. The van der Waals surface area contributed by atoms with E-state index in [0.29, 0.717) is 23.2 Å². The summed E-state index contributed by atoms with van der Waals surface area (Å²) >= 11 is 5.31. The Bertz CT molecular complexity index is 1360. The molecule has 2 N–H and O–H groups in total. The van der Waals surface area contributed by atoms with Crippen LogP contribution in [-0.4, -0.2) is 22.6 Å². The molecule has 1 amide bonds. The zero-order valence-corrected chi connectivity index (χ0v) is 21.2. The van der Waals surface area contributed by atoms with Crippen molar-refractivity contribution in [3.8, 4) is 17.2 Å². The van der Waals surface area contributed by atoms with Crippen LogP contribution in [0.1, 0.15) is 42.9 Å². The molecule has 0 aliphatic rings. The number of thiocarbonyl (C=S) groups is 1. The summed E-state index contributed by atoms with van der Waals surface area (Å²) in [6.45, 7) is 8.21. The number of hydrogen-bond acceptors (Lipinski definition) is 5. The second-order valence-electron chi connectivity index (χ2n) is 8.75. The lowest BCUT2D eigenvalue weighted by Crippen LogP contribution is -2.37. The Balaban J connectivity index is 1.38. The Kier molecular flexibility index (Phi) is 7.46. The third-order valence-corrected chi connectivity index (χ3v) is 5.98. The summed E-state index contributed by atoms with van der Waals surface area (Å²) in [5.74, 6) is 1.31. The number of benzene rings is 3. The van der Waals surface area contributed by atoms with E-state index in [1.165, 1.54) is 5.56 Å². The first-order valence-electron chi connectivity index (χ1n) is 11.6. The average molecular weight is 488 g/mol. The number of nitrogens with one attached hydrogen (secondary N) is 2. The SMILES string of the molecule is CC[C@H](C)c1ccc2oc(-c3cccc(NC(=S)NC(=O)COc4cc(C)cc(C)c4)c3)nc2c1. The molecule has 0 saturated heterocycles. The number of ether oxygens (including phenoxy) is 1. The predicted octanol–water partition coefficient (Wildman–Crippen LogP) is 6.52. The molecular formula is C28H29N3O3S. The summed E-state index contributed by atoms with van der Waals surface area (Å²) < 4.78 is 11.6. The fraction of sp³-hybridized carbons (Fsp3) is 0.250. The van der Waals surface area contributed by atoms with Gasteiger partial charge in [-0.1, -0.05) is 32.0 Å². The van der Waals surface area contributed by atoms with Gasteiger partial charge in [0.15, 0.2) is 17.3 Å². The number of fused-ring (bicyclic) bond motifs is 1. The van der Waals surface area contributed by atoms with Gasteiger partial charge in [-0.05, 0) is 97.6 Å². The van der Waals surface area contributed by atoms with Crippen molar-refractivity contribution in [1.82, 2.24) is 10.3 Å². The molecule has 0 aliphatic carbocycles. The van der Waals surface area contributed by atoms with Crippen LogP contribution in [0.4, 0.5) is 5.69 Å². The van der Waals surface area contributed by atoms with Crippen LogP contribution in [0, 0.1) is 13.8 Å². The minimum atomic E-state index is -0.339. The standard InChI is InChI=1S/C28H29N3O3S/c1-5-19(4)20-9-10-25-24(15-20)30-27(34-25)21-7-6-8-22(14-21)29-28(35)31-26(32)16-33-23-12-17(2)11-18(3)13-23/h6-15,19H,5,16H2,1-4H3,(H2,29,31,32,35)/t19-/m0/s1. The van der Waals surface area contributed by atoms with Crippen molar-refractivity contribution < 1.29 is 13.9 Å². The van der Waals surface area contributed by atoms with E-state index < -0.39 is 0 Å². The highest BCUT2D eigenvalue weighted by atomic mass is 32.1. The summed E-state index contributed by atoms with van der Waals surface area (Å²) in [4.78, 5) is 17.0. The smallest absolute Gasteiger partial charge is 0.264 e. The second kappa shape index (κ2) is 10.7. The van der Waals surface area contributed by atoms with Crippen molar-refractivity contribution in [3.63, 3.8) is 0 Å². The van der Waals surface area contributed by atoms with Crippen LogP contribution in [-0.2, 0) is 4.79 Å². The normalized spacial score (nSPS) is 11.8. The highest BCUT2D eigenvalue weighted by Gasteiger charge is 2.12. The summed E-state index contributed by atoms with van der Waals surface area (Å²) in [7, 11) is 0. The van der Waals surface area contributed by atoms with Crippen LogP contribution in [0.3, 0.4) is 0 Å². The molecule has 0 radical (unpaired) electrons. The van der Waals surface area contributed by atoms with Crippen molar-refractivity contribution in [2.24, 2.45) is 0 Å². The number of anilines is 1. The van der Waals surface area contributed by atoms with Crippen LogP contribution in [0.25, 0.3) is 22.6 Å². The zero-order valence-electron chi connectivity index (χ0n) is 20.3. The molecule has 180 valence electrons. The number of rotatable bonds is 7. The van der Waals surface area contributed by atoms with Crippen molar-refractivity contribution in [2.75, 3.05) is 11.9 Å². The van der Waals surface area contributed by atoms with E-state index in [2.05, 4.69) is 41.6 Å². The number of aromatic nitrogens is 1. The number of hydrogen-bond donors (Lipinski definition) is 2. The molecule has 4 aromatic rings. The zero-order chi connectivity index (χ0) is 24.9. The van der Waals surface area contributed by atoms with E-state index in [0.717, 1.165) is 34.2 Å². The maximum atomic E-state index is 12.3. The van der Waals surface area contributed by atoms with Crippen molar-refractivity contribution in [3.05, 3.63) is 77.4 Å². The van der Waals surface area contributed by atoms with Crippen molar-refractivity contribution in [2.45, 2.75) is 40.0 Å². The van der Waals surface area contributed by atoms with E-state index in [-0.39, 0.29) is 17.6 Å². The van der Waals surface area contributed by atoms with E-state index in [9.17, 15) is 4.79 Å². The molecule has 1 atom stereocenters. The first kappa shape index (κ1) is 24.4. The van der Waals surface area contributed by atoms with Gasteiger partial charge in [-0.15, -0.1) is 0 Å². The van der Waals surface area contributed by atoms with Gasteiger partial charge in [0.05, 0.1) is 0 Å². The van der Waals surface area contributed by atoms with Crippen LogP contribution in [0.2, 0.25) is 0 Å². The van der Waals surface area contributed by atoms with Gasteiger partial charge in [0.2, 0.25) is 5.89 Å². The molecule has 35 heavy (non-hydrogen) atoms. The molecule has 0 spiro atoms. The largest absolute Gasteiger partial charge is 0.484 e. The summed E-state index contributed by atoms with van der Waals surface area (Å²) in [6.07, 6.45) is 1.07. The van der Waals surface area contributed by atoms with E-state index in [4.69, 9.17) is 21.4 Å². The van der Waals surface area contributed by atoms with Crippen LogP contribution in [0.15, 0.2) is 65.1 Å². The molecule has 6 nitrogen and oxygen atoms in total. The topological polar surface area (TPSA) is 76.4 Å². The minimum absolute atomic E-state index is 0.133. The van der Waals surface area contributed by atoms with Crippen LogP contribution >= 0.6 is 12.2 Å². The van der Waals surface area contributed by atoms with Gasteiger partial charge in [0, 0.05) is 11.3 Å². The highest BCUT2D eigenvalue weighted by molar-refractivity contribution is 7.80. The van der Waals surface area contributed by atoms with Gasteiger partial charge >= 0.3 is 0 Å². The van der Waals surface area contributed by atoms with Gasteiger partial charge < -0.3 is 14.5 Å². The summed E-state index contributed by atoms with van der Waals surface area (Å²) in [6, 6.07) is 19.5. The summed E-state index contributed by atoms with van der Waals surface area (Å²) in [5, 5.41) is 5.87. The molecule has 3 aromatic carbocycles. The Morgan fingerprint density at radius 2 is 1.86 bits per heavy atom. The first-order chi connectivity index (χ1) is 16.8. The lowest BCUT2D eigenvalue weighted by molar-refractivity contribution is -0.121. The first-order valence-corrected chi connectivity index (χ1v) is 12.0. The molecule has 0 unspecified atom stereocenters. The minimum Gasteiger partial charge on any atom is -0.484 e. The second-order valence-corrected chi connectivity index (χ2v) is 9.16. The van der Waals surface area contributed by atoms with Gasteiger partial charge in [0.25, 0.3) is 5.91 Å². The average Bonchev–Trinajstić information content (AvgIpc) is 3.25. The van der Waals surface area contributed by atoms with Gasteiger partial charge in [-0.25, -0.2) is 4.98 Å². The molecule has 0 bridgehead atoms. The van der Waals surface area contributed by atoms with E-state index >= 15 is 0 Å². The maximum Gasteiger partial charge on any atom is 0.264 e. The van der Waals surface area contributed by atoms with Gasteiger partial charge in [-0.3, -0.25) is 10.1 Å². The fourth-order valence-corrected chi connectivity index (χ4v) is 4.06. The predicted molar refractivity (Wildman–Crippen MR) is 144 cm³/mol. The number of aryl methyl sites for hydroxylation is 2. The van der Waals surface area contributed by atoms with Crippen LogP contribution in [0.5, 0.6) is 5.75 Å². The Morgan fingerprint density at radius 3 is 2.60 bits per heavy atom. The van der Waals surface area contributed by atoms with E-state index in [1.807, 2.05) is 62.4 Å². The van der Waals surface area contributed by atoms with Gasteiger partial charge in [0.1, 0.15) is 11.3 Å². The summed E-state index contributed by atoms with van der Waals surface area (Å²) in [5.41, 5.74) is 6.51. The molecule has 4 rings (SSSR count). The molecule has 7 heteroatoms. The Labute approximate surface area is 210 Å². The highest BCUT2D eigenvalue weighted by Crippen LogP contribution is 2.29. The Morgan fingerprint density at radius 1 is 1.09 bits per heavy atom. The maximum absolute atomic E-state index is 12.3. The third kappa shape index (κ3) is 6.25. The van der Waals surface area contributed by atoms with Crippen molar-refractivity contribution >= 4 is 40.0 Å². The molecule has 0 fully saturated rings. The number of carbonyl (C=O) groups excluding carboxylic acids is 1. The molecule has 1 aromatic heterocycles. The number of amides is 1. The molecular weight excluding hydrogens is 458 g/mol. The van der Waals surface area contributed by atoms with Crippen molar-refractivity contribution in [1.29, 1.82) is 0 Å². The monoisotopic (exact) mass is 487 g/mol. The fourth-order valence-electron chi connectivity index (χ4n) is 3.83. The number of carbonyl (C=O) groups is 1. The molecule has 0 saturated carbocycles. The molecule has 0 aliphatic heterocycles. The quantitative estimate of drug-likeness (QED) is 0.289. The lowest BCUT2D eigenvalue weighted by atomic mass is 9.98. The molecule has 1 heterocycles. The Hall–Kier alpha value is -3.71. The number of nitrogens with zero attached hydrogens (tertiary/aromatic N) is 1. The van der Waals surface area contributed by atoms with Crippen LogP contribution < -0.4 is 15.4 Å². The van der Waals surface area contributed by atoms with Gasteiger partial charge in [-0.2, -0.15) is 0 Å².